The number of nitrogens with zero attached hydrogens (tertiary/aromatic N) is 1. The Kier molecular flexibility index (Phi) is 7.12. The molecule has 1 aliphatic rings. The molecule has 1 amide bonds. The predicted octanol–water partition coefficient (Wildman–Crippen LogP) is 3.45. The summed E-state index contributed by atoms with van der Waals surface area (Å²) in [5.74, 6) is 0.215. The molecule has 0 saturated carbocycles. The van der Waals surface area contributed by atoms with Gasteiger partial charge in [0, 0.05) is 0 Å². The van der Waals surface area contributed by atoms with Crippen molar-refractivity contribution in [2.45, 2.75) is 31.2 Å². The van der Waals surface area contributed by atoms with Crippen molar-refractivity contribution in [3.63, 3.8) is 0 Å². The molecule has 3 unspecified atom stereocenters. The standard InChI is InChI=1S/C22H25NO4S/c1-26-22(25)18(13-14-28-2)23-19(17-11-7-4-8-12-17)20(21(23)24)27-15-16-9-5-3-6-10-16/h3-12,18-20H,13-15H2,1-2H3. The number of rotatable bonds is 9. The second kappa shape index (κ2) is 9.75. The number of hydrogen-bond donors (Lipinski definition) is 0. The topological polar surface area (TPSA) is 55.8 Å². The summed E-state index contributed by atoms with van der Waals surface area (Å²) in [6, 6.07) is 18.6. The number of amides is 1. The Bertz CT molecular complexity index is 784. The normalized spacial score (nSPS) is 19.8. The van der Waals surface area contributed by atoms with Crippen molar-refractivity contribution >= 4 is 23.6 Å². The molecule has 6 heteroatoms. The van der Waals surface area contributed by atoms with Crippen LogP contribution in [0.2, 0.25) is 0 Å². The molecule has 1 saturated heterocycles. The molecule has 2 aromatic carbocycles. The van der Waals surface area contributed by atoms with Crippen LogP contribution in [0.5, 0.6) is 0 Å². The fourth-order valence-electron chi connectivity index (χ4n) is 3.47. The lowest BCUT2D eigenvalue weighted by atomic mass is 9.88. The highest BCUT2D eigenvalue weighted by atomic mass is 32.2. The Morgan fingerprint density at radius 1 is 1.11 bits per heavy atom. The summed E-state index contributed by atoms with van der Waals surface area (Å²) >= 11 is 1.64. The molecule has 0 spiro atoms. The zero-order valence-electron chi connectivity index (χ0n) is 16.1. The molecule has 0 N–H and O–H groups in total. The van der Waals surface area contributed by atoms with E-state index in [1.807, 2.05) is 66.9 Å². The van der Waals surface area contributed by atoms with Gasteiger partial charge in [0.15, 0.2) is 6.10 Å². The molecule has 28 heavy (non-hydrogen) atoms. The molecule has 5 nitrogen and oxygen atoms in total. The number of ether oxygens (including phenoxy) is 2. The van der Waals surface area contributed by atoms with Gasteiger partial charge in [-0.15, -0.1) is 0 Å². The molecule has 1 heterocycles. The van der Waals surface area contributed by atoms with E-state index in [2.05, 4.69) is 0 Å². The molecule has 0 aromatic heterocycles. The first-order valence-electron chi connectivity index (χ1n) is 9.26. The van der Waals surface area contributed by atoms with Gasteiger partial charge in [-0.2, -0.15) is 11.8 Å². The van der Waals surface area contributed by atoms with Gasteiger partial charge >= 0.3 is 5.97 Å². The molecular formula is C22H25NO4S. The lowest BCUT2D eigenvalue weighted by Gasteiger charge is -2.49. The first-order chi connectivity index (χ1) is 13.7. The summed E-state index contributed by atoms with van der Waals surface area (Å²) in [7, 11) is 1.36. The second-order valence-corrected chi connectivity index (χ2v) is 7.62. The van der Waals surface area contributed by atoms with Gasteiger partial charge < -0.3 is 14.4 Å². The van der Waals surface area contributed by atoms with Crippen molar-refractivity contribution in [1.29, 1.82) is 0 Å². The van der Waals surface area contributed by atoms with E-state index in [9.17, 15) is 9.59 Å². The summed E-state index contributed by atoms with van der Waals surface area (Å²) in [6.45, 7) is 0.349. The highest BCUT2D eigenvalue weighted by molar-refractivity contribution is 7.98. The number of β-lactam (4-membered cyclic amide) rings is 1. The number of carbonyl (C=O) groups excluding carboxylic acids is 2. The van der Waals surface area contributed by atoms with Gasteiger partial charge in [-0.3, -0.25) is 4.79 Å². The summed E-state index contributed by atoms with van der Waals surface area (Å²) in [4.78, 5) is 27.0. The summed E-state index contributed by atoms with van der Waals surface area (Å²) in [5, 5.41) is 0. The number of esters is 1. The van der Waals surface area contributed by atoms with Crippen LogP contribution < -0.4 is 0 Å². The number of likely N-dealkylation sites (tertiary alicyclic amines) is 1. The smallest absolute Gasteiger partial charge is 0.328 e. The number of methoxy groups -OCH3 is 1. The van der Waals surface area contributed by atoms with Crippen LogP contribution >= 0.6 is 11.8 Å². The molecule has 0 aliphatic carbocycles. The van der Waals surface area contributed by atoms with Crippen molar-refractivity contribution in [3.8, 4) is 0 Å². The minimum Gasteiger partial charge on any atom is -0.467 e. The van der Waals surface area contributed by atoms with Gasteiger partial charge in [-0.05, 0) is 29.6 Å². The second-order valence-electron chi connectivity index (χ2n) is 6.64. The van der Waals surface area contributed by atoms with Crippen LogP contribution in [0.25, 0.3) is 0 Å². The van der Waals surface area contributed by atoms with Crippen molar-refractivity contribution in [1.82, 2.24) is 4.90 Å². The highest BCUT2D eigenvalue weighted by Crippen LogP contribution is 2.40. The average molecular weight is 400 g/mol. The van der Waals surface area contributed by atoms with Crippen LogP contribution in [0.4, 0.5) is 0 Å². The zero-order chi connectivity index (χ0) is 19.9. The largest absolute Gasteiger partial charge is 0.467 e. The van der Waals surface area contributed by atoms with Crippen LogP contribution in [0.15, 0.2) is 60.7 Å². The molecule has 148 valence electrons. The lowest BCUT2D eigenvalue weighted by Crippen LogP contribution is -2.65. The maximum Gasteiger partial charge on any atom is 0.328 e. The third-order valence-corrected chi connectivity index (χ3v) is 5.55. The van der Waals surface area contributed by atoms with Crippen molar-refractivity contribution in [2.24, 2.45) is 0 Å². The fraction of sp³-hybridized carbons (Fsp3) is 0.364. The minimum atomic E-state index is -0.607. The number of carbonyl (C=O) groups is 2. The van der Waals surface area contributed by atoms with E-state index < -0.39 is 12.1 Å². The SMILES string of the molecule is COC(=O)C(CCSC)N1C(=O)C(OCc2ccccc2)C1c1ccccc1. The van der Waals surface area contributed by atoms with E-state index >= 15 is 0 Å². The number of benzene rings is 2. The van der Waals surface area contributed by atoms with Gasteiger partial charge in [0.05, 0.1) is 19.8 Å². The van der Waals surface area contributed by atoms with Crippen molar-refractivity contribution in [2.75, 3.05) is 19.1 Å². The molecule has 3 atom stereocenters. The fourth-order valence-corrected chi connectivity index (χ4v) is 3.93. The first-order valence-corrected chi connectivity index (χ1v) is 10.7. The van der Waals surface area contributed by atoms with E-state index in [1.54, 1.807) is 16.7 Å². The molecule has 2 aromatic rings. The maximum atomic E-state index is 13.0. The Morgan fingerprint density at radius 3 is 2.36 bits per heavy atom. The highest BCUT2D eigenvalue weighted by Gasteiger charge is 2.53. The first kappa shape index (κ1) is 20.4. The van der Waals surface area contributed by atoms with Crippen LogP contribution in [0, 0.1) is 0 Å². The van der Waals surface area contributed by atoms with Crippen LogP contribution in [0.1, 0.15) is 23.6 Å². The van der Waals surface area contributed by atoms with Gasteiger partial charge in [0.25, 0.3) is 5.91 Å². The Balaban J connectivity index is 1.83. The summed E-state index contributed by atoms with van der Waals surface area (Å²) in [5.41, 5.74) is 1.96. The zero-order valence-corrected chi connectivity index (χ0v) is 16.9. The Morgan fingerprint density at radius 2 is 1.75 bits per heavy atom. The van der Waals surface area contributed by atoms with E-state index in [0.29, 0.717) is 13.0 Å². The number of hydrogen-bond acceptors (Lipinski definition) is 5. The number of thioether (sulfide) groups is 1. The summed E-state index contributed by atoms with van der Waals surface area (Å²) < 4.78 is 11.0. The van der Waals surface area contributed by atoms with Crippen LogP contribution in [0.3, 0.4) is 0 Å². The van der Waals surface area contributed by atoms with Gasteiger partial charge in [-0.25, -0.2) is 4.79 Å². The third kappa shape index (κ3) is 4.39. The van der Waals surface area contributed by atoms with E-state index in [0.717, 1.165) is 16.9 Å². The maximum absolute atomic E-state index is 13.0. The quantitative estimate of drug-likeness (QED) is 0.478. The van der Waals surface area contributed by atoms with E-state index in [4.69, 9.17) is 9.47 Å². The monoisotopic (exact) mass is 399 g/mol. The van der Waals surface area contributed by atoms with Gasteiger partial charge in [0.1, 0.15) is 6.04 Å². The van der Waals surface area contributed by atoms with Crippen molar-refractivity contribution < 1.29 is 19.1 Å². The molecule has 1 fully saturated rings. The van der Waals surface area contributed by atoms with Crippen LogP contribution in [-0.4, -0.2) is 48.0 Å². The molecule has 3 rings (SSSR count). The molecule has 0 radical (unpaired) electrons. The lowest BCUT2D eigenvalue weighted by molar-refractivity contribution is -0.188. The molecular weight excluding hydrogens is 374 g/mol. The minimum absolute atomic E-state index is 0.165. The average Bonchev–Trinajstić information content (AvgIpc) is 2.75. The third-order valence-electron chi connectivity index (χ3n) is 4.90. The predicted molar refractivity (Wildman–Crippen MR) is 110 cm³/mol. The Hall–Kier alpha value is -2.31. The van der Waals surface area contributed by atoms with E-state index in [1.165, 1.54) is 7.11 Å². The Labute approximate surface area is 170 Å². The van der Waals surface area contributed by atoms with E-state index in [-0.39, 0.29) is 17.9 Å². The summed E-state index contributed by atoms with van der Waals surface area (Å²) in [6.07, 6.45) is 1.92. The molecule has 0 bridgehead atoms. The van der Waals surface area contributed by atoms with Gasteiger partial charge in [0.2, 0.25) is 0 Å². The van der Waals surface area contributed by atoms with Crippen LogP contribution in [-0.2, 0) is 25.7 Å². The molecule has 1 aliphatic heterocycles. The van der Waals surface area contributed by atoms with Gasteiger partial charge in [-0.1, -0.05) is 60.7 Å². The van der Waals surface area contributed by atoms with Crippen molar-refractivity contribution in [3.05, 3.63) is 71.8 Å².